The fourth-order valence-electron chi connectivity index (χ4n) is 0.847. The zero-order valence-corrected chi connectivity index (χ0v) is 9.77. The highest BCUT2D eigenvalue weighted by Crippen LogP contribution is 2.08. The summed E-state index contributed by atoms with van der Waals surface area (Å²) >= 11 is 1.93. The van der Waals surface area contributed by atoms with E-state index in [0.717, 1.165) is 5.75 Å². The standard InChI is InChI=1S/C10H22O2S/c1-4-5-6-13-8-10(3)12-7-9(2)11/h9-11H,4-8H2,1-3H3. The molecule has 0 fully saturated rings. The van der Waals surface area contributed by atoms with Crippen LogP contribution in [0.2, 0.25) is 0 Å². The molecule has 0 radical (unpaired) electrons. The molecule has 0 aliphatic rings. The van der Waals surface area contributed by atoms with E-state index in [1.807, 2.05) is 11.8 Å². The Morgan fingerprint density at radius 1 is 1.38 bits per heavy atom. The van der Waals surface area contributed by atoms with Gasteiger partial charge in [0, 0.05) is 5.75 Å². The van der Waals surface area contributed by atoms with Crippen LogP contribution in [0.25, 0.3) is 0 Å². The van der Waals surface area contributed by atoms with Crippen LogP contribution in [0.1, 0.15) is 33.6 Å². The Hall–Kier alpha value is 0.270. The maximum atomic E-state index is 8.98. The van der Waals surface area contributed by atoms with E-state index in [1.165, 1.54) is 18.6 Å². The number of ether oxygens (including phenoxy) is 1. The lowest BCUT2D eigenvalue weighted by atomic mass is 10.4. The van der Waals surface area contributed by atoms with Crippen LogP contribution >= 0.6 is 11.8 Å². The molecule has 0 saturated heterocycles. The number of thioether (sulfide) groups is 1. The quantitative estimate of drug-likeness (QED) is 0.618. The summed E-state index contributed by atoms with van der Waals surface area (Å²) in [5.41, 5.74) is 0. The minimum atomic E-state index is -0.344. The summed E-state index contributed by atoms with van der Waals surface area (Å²) < 4.78 is 5.41. The molecule has 0 rings (SSSR count). The van der Waals surface area contributed by atoms with Gasteiger partial charge in [-0.2, -0.15) is 11.8 Å². The minimum Gasteiger partial charge on any atom is -0.391 e. The molecule has 0 aliphatic carbocycles. The Kier molecular flexibility index (Phi) is 9.03. The summed E-state index contributed by atoms with van der Waals surface area (Å²) in [4.78, 5) is 0. The van der Waals surface area contributed by atoms with Crippen molar-refractivity contribution >= 4 is 11.8 Å². The molecule has 3 heteroatoms. The van der Waals surface area contributed by atoms with E-state index in [-0.39, 0.29) is 12.2 Å². The van der Waals surface area contributed by atoms with Crippen molar-refractivity contribution in [3.8, 4) is 0 Å². The number of aliphatic hydroxyl groups excluding tert-OH is 1. The van der Waals surface area contributed by atoms with Crippen LogP contribution < -0.4 is 0 Å². The van der Waals surface area contributed by atoms with Gasteiger partial charge in [0.15, 0.2) is 0 Å². The average molecular weight is 206 g/mol. The highest BCUT2D eigenvalue weighted by molar-refractivity contribution is 7.99. The molecule has 0 amide bonds. The zero-order valence-electron chi connectivity index (χ0n) is 8.95. The number of unbranched alkanes of at least 4 members (excludes halogenated alkanes) is 1. The third-order valence-electron chi connectivity index (χ3n) is 1.62. The predicted molar refractivity (Wildman–Crippen MR) is 59.3 cm³/mol. The molecule has 13 heavy (non-hydrogen) atoms. The molecule has 0 aromatic rings. The molecule has 0 aromatic carbocycles. The molecule has 0 heterocycles. The van der Waals surface area contributed by atoms with Gasteiger partial charge in [-0.05, 0) is 26.0 Å². The lowest BCUT2D eigenvalue weighted by Gasteiger charge is -2.13. The normalized spacial score (nSPS) is 15.7. The van der Waals surface area contributed by atoms with E-state index in [4.69, 9.17) is 9.84 Å². The van der Waals surface area contributed by atoms with Gasteiger partial charge in [0.2, 0.25) is 0 Å². The fourth-order valence-corrected chi connectivity index (χ4v) is 1.93. The Morgan fingerprint density at radius 3 is 2.62 bits per heavy atom. The van der Waals surface area contributed by atoms with Gasteiger partial charge in [-0.25, -0.2) is 0 Å². The van der Waals surface area contributed by atoms with Crippen LogP contribution in [0.15, 0.2) is 0 Å². The predicted octanol–water partition coefficient (Wildman–Crippen LogP) is 2.31. The largest absolute Gasteiger partial charge is 0.391 e. The van der Waals surface area contributed by atoms with Crippen molar-refractivity contribution in [1.29, 1.82) is 0 Å². The first-order valence-corrected chi connectivity index (χ1v) is 6.19. The molecule has 0 bridgehead atoms. The van der Waals surface area contributed by atoms with E-state index in [1.54, 1.807) is 6.92 Å². The van der Waals surface area contributed by atoms with Gasteiger partial charge in [0.25, 0.3) is 0 Å². The van der Waals surface area contributed by atoms with Crippen molar-refractivity contribution in [2.75, 3.05) is 18.1 Å². The second kappa shape index (κ2) is 8.85. The van der Waals surface area contributed by atoms with Gasteiger partial charge in [-0.3, -0.25) is 0 Å². The molecule has 1 N–H and O–H groups in total. The molecule has 0 saturated carbocycles. The maximum absolute atomic E-state index is 8.98. The van der Waals surface area contributed by atoms with E-state index in [9.17, 15) is 0 Å². The lowest BCUT2D eigenvalue weighted by Crippen LogP contribution is -2.18. The zero-order chi connectivity index (χ0) is 10.1. The third-order valence-corrected chi connectivity index (χ3v) is 2.90. The maximum Gasteiger partial charge on any atom is 0.0745 e. The smallest absolute Gasteiger partial charge is 0.0745 e. The van der Waals surface area contributed by atoms with Crippen molar-refractivity contribution in [2.24, 2.45) is 0 Å². The van der Waals surface area contributed by atoms with Gasteiger partial charge in [-0.15, -0.1) is 0 Å². The molecular formula is C10H22O2S. The summed E-state index contributed by atoms with van der Waals surface area (Å²) in [5.74, 6) is 2.26. The molecule has 2 atom stereocenters. The highest BCUT2D eigenvalue weighted by atomic mass is 32.2. The van der Waals surface area contributed by atoms with E-state index < -0.39 is 0 Å². The SMILES string of the molecule is CCCCSCC(C)OCC(C)O. The molecule has 0 spiro atoms. The first-order valence-electron chi connectivity index (χ1n) is 5.04. The van der Waals surface area contributed by atoms with E-state index >= 15 is 0 Å². The summed E-state index contributed by atoms with van der Waals surface area (Å²) in [6.07, 6.45) is 2.46. The van der Waals surface area contributed by atoms with Gasteiger partial charge < -0.3 is 9.84 Å². The van der Waals surface area contributed by atoms with Gasteiger partial charge in [-0.1, -0.05) is 13.3 Å². The van der Waals surface area contributed by atoms with E-state index in [0.29, 0.717) is 6.61 Å². The van der Waals surface area contributed by atoms with Crippen molar-refractivity contribution in [3.05, 3.63) is 0 Å². The number of hydrogen-bond acceptors (Lipinski definition) is 3. The molecule has 0 aromatic heterocycles. The molecular weight excluding hydrogens is 184 g/mol. The van der Waals surface area contributed by atoms with Gasteiger partial charge in [0.1, 0.15) is 0 Å². The fraction of sp³-hybridized carbons (Fsp3) is 1.00. The van der Waals surface area contributed by atoms with Crippen LogP contribution in [0.4, 0.5) is 0 Å². The first-order chi connectivity index (χ1) is 6.16. The number of aliphatic hydroxyl groups is 1. The topological polar surface area (TPSA) is 29.5 Å². The Morgan fingerprint density at radius 2 is 2.08 bits per heavy atom. The van der Waals surface area contributed by atoms with Gasteiger partial charge >= 0.3 is 0 Å². The van der Waals surface area contributed by atoms with E-state index in [2.05, 4.69) is 13.8 Å². The van der Waals surface area contributed by atoms with Crippen molar-refractivity contribution in [3.63, 3.8) is 0 Å². The second-order valence-electron chi connectivity index (χ2n) is 3.42. The first kappa shape index (κ1) is 13.3. The molecule has 0 aliphatic heterocycles. The van der Waals surface area contributed by atoms with Crippen molar-refractivity contribution in [1.82, 2.24) is 0 Å². The van der Waals surface area contributed by atoms with Crippen molar-refractivity contribution < 1.29 is 9.84 Å². The van der Waals surface area contributed by atoms with Crippen LogP contribution in [-0.4, -0.2) is 35.4 Å². The number of rotatable bonds is 8. The van der Waals surface area contributed by atoms with Crippen LogP contribution in [0.5, 0.6) is 0 Å². The monoisotopic (exact) mass is 206 g/mol. The van der Waals surface area contributed by atoms with Crippen LogP contribution in [0, 0.1) is 0 Å². The molecule has 80 valence electrons. The second-order valence-corrected chi connectivity index (χ2v) is 4.57. The number of hydrogen-bond donors (Lipinski definition) is 1. The van der Waals surface area contributed by atoms with Crippen LogP contribution in [-0.2, 0) is 4.74 Å². The third kappa shape index (κ3) is 10.2. The Labute approximate surface area is 86.1 Å². The summed E-state index contributed by atoms with van der Waals surface area (Å²) in [5, 5.41) is 8.98. The summed E-state index contributed by atoms with van der Waals surface area (Å²) in [6.45, 7) is 6.46. The molecule has 2 unspecified atom stereocenters. The Bertz CT molecular complexity index is 107. The lowest BCUT2D eigenvalue weighted by molar-refractivity contribution is 0.0153. The summed E-state index contributed by atoms with van der Waals surface area (Å²) in [6, 6.07) is 0. The summed E-state index contributed by atoms with van der Waals surface area (Å²) in [7, 11) is 0. The van der Waals surface area contributed by atoms with Gasteiger partial charge in [0.05, 0.1) is 18.8 Å². The average Bonchev–Trinajstić information content (AvgIpc) is 2.09. The van der Waals surface area contributed by atoms with Crippen molar-refractivity contribution in [2.45, 2.75) is 45.8 Å². The minimum absolute atomic E-state index is 0.261. The highest BCUT2D eigenvalue weighted by Gasteiger charge is 2.03. The molecule has 2 nitrogen and oxygen atoms in total. The Balaban J connectivity index is 3.15. The van der Waals surface area contributed by atoms with Crippen LogP contribution in [0.3, 0.4) is 0 Å².